The highest BCUT2D eigenvalue weighted by Crippen LogP contribution is 2.55. The third kappa shape index (κ3) is 4.20. The second-order valence-corrected chi connectivity index (χ2v) is 11.9. The molecule has 3 aliphatic carbocycles. The molecule has 2 saturated carbocycles. The fraction of sp³-hybridized carbons (Fsp3) is 0.571. The van der Waals surface area contributed by atoms with Gasteiger partial charge < -0.3 is 21.3 Å². The number of phenolic OH excluding ortho intramolecular Hbond substituents is 1. The minimum atomic E-state index is -2.88. The molecule has 1 aromatic rings. The predicted octanol–water partition coefficient (Wildman–Crippen LogP) is -0.399. The van der Waals surface area contributed by atoms with Gasteiger partial charge in [0.25, 0.3) is 0 Å². The molecule has 4 aliphatic rings. The van der Waals surface area contributed by atoms with Crippen LogP contribution in [0.3, 0.4) is 0 Å². The SMILES string of the molecule is C[C@H]1c2c(F)cc(NC(=O)CN3CCCC3)c(O)c2C(=O)C2C(=O)[C@]3(O)C(=O)C(C(N)=O)C(=O)[C@@H](N(C)C)[C@@H]3C[C@@H]21. The molecule has 0 aromatic heterocycles. The maximum Gasteiger partial charge on any atom is 0.238 e. The molecule has 0 bridgehead atoms. The number of ketones is 4. The number of likely N-dealkylation sites (N-methyl/N-ethyl adjacent to an activating group) is 1. The number of phenols is 1. The maximum atomic E-state index is 15.6. The molecule has 0 spiro atoms. The fourth-order valence-corrected chi connectivity index (χ4v) is 7.43. The van der Waals surface area contributed by atoms with Gasteiger partial charge in [-0.3, -0.25) is 38.6 Å². The summed E-state index contributed by atoms with van der Waals surface area (Å²) in [6.07, 6.45) is 1.68. The zero-order chi connectivity index (χ0) is 30.1. The number of nitrogens with zero attached hydrogens (tertiary/aromatic N) is 2. The van der Waals surface area contributed by atoms with Crippen molar-refractivity contribution in [3.63, 3.8) is 0 Å². The number of Topliss-reactive ketones (excluding diaryl/α,β-unsaturated/α-hetero) is 4. The number of benzene rings is 1. The Bertz CT molecular complexity index is 1390. The molecule has 7 atom stereocenters. The largest absolute Gasteiger partial charge is 0.505 e. The molecule has 13 heteroatoms. The van der Waals surface area contributed by atoms with Crippen molar-refractivity contribution in [2.45, 2.75) is 43.7 Å². The molecule has 3 fully saturated rings. The minimum absolute atomic E-state index is 0.00893. The maximum absolute atomic E-state index is 15.6. The molecular formula is C28H33FN4O8. The number of halogens is 1. The zero-order valence-electron chi connectivity index (χ0n) is 23.0. The first-order valence-corrected chi connectivity index (χ1v) is 13.6. The van der Waals surface area contributed by atoms with Crippen molar-refractivity contribution in [3.8, 4) is 5.75 Å². The third-order valence-electron chi connectivity index (χ3n) is 9.34. The second-order valence-electron chi connectivity index (χ2n) is 11.9. The third-order valence-corrected chi connectivity index (χ3v) is 9.34. The standard InChI is InChI=1S/C28H33FN4O8/c1-11-12-8-13-21(32(2)3)24(37)20(27(30)40)26(39)28(13,41)25(38)18(12)23(36)19-17(11)14(29)9-15(22(19)35)31-16(34)10-33-6-4-5-7-33/h9,11-13,18,20-21,35,41H,4-8,10H2,1-3H3,(H2,30,40)(H,31,34)/t11-,12-,13+,18?,20?,21+,28+/m1/s1. The predicted molar refractivity (Wildman–Crippen MR) is 140 cm³/mol. The molecule has 5 N–H and O–H groups in total. The minimum Gasteiger partial charge on any atom is -0.505 e. The normalized spacial score (nSPS) is 33.4. The van der Waals surface area contributed by atoms with Crippen molar-refractivity contribution in [3.05, 3.63) is 23.0 Å². The van der Waals surface area contributed by atoms with E-state index in [4.69, 9.17) is 5.73 Å². The van der Waals surface area contributed by atoms with Crippen molar-refractivity contribution in [1.82, 2.24) is 9.80 Å². The van der Waals surface area contributed by atoms with E-state index in [1.807, 2.05) is 4.90 Å². The molecule has 0 radical (unpaired) electrons. The van der Waals surface area contributed by atoms with Gasteiger partial charge in [0.2, 0.25) is 11.8 Å². The van der Waals surface area contributed by atoms with Gasteiger partial charge in [-0.05, 0) is 58.3 Å². The molecule has 2 unspecified atom stereocenters. The highest BCUT2D eigenvalue weighted by molar-refractivity contribution is 6.32. The summed E-state index contributed by atoms with van der Waals surface area (Å²) in [6.45, 7) is 3.00. The van der Waals surface area contributed by atoms with Crippen molar-refractivity contribution in [1.29, 1.82) is 0 Å². The Morgan fingerprint density at radius 2 is 1.80 bits per heavy atom. The number of fused-ring (bicyclic) bond motifs is 3. The Balaban J connectivity index is 1.56. The van der Waals surface area contributed by atoms with Crippen LogP contribution in [-0.2, 0) is 24.0 Å². The van der Waals surface area contributed by atoms with Gasteiger partial charge in [-0.1, -0.05) is 6.92 Å². The highest BCUT2D eigenvalue weighted by Gasteiger charge is 2.70. The van der Waals surface area contributed by atoms with Gasteiger partial charge in [0.15, 0.2) is 34.7 Å². The monoisotopic (exact) mass is 572 g/mol. The van der Waals surface area contributed by atoms with E-state index in [1.165, 1.54) is 19.0 Å². The lowest BCUT2D eigenvalue weighted by molar-refractivity contribution is -0.181. The molecule has 2 amide bonds. The van der Waals surface area contributed by atoms with Crippen LogP contribution in [0.15, 0.2) is 6.07 Å². The van der Waals surface area contributed by atoms with Crippen LogP contribution in [0, 0.1) is 29.5 Å². The topological polar surface area (TPSA) is 187 Å². The number of nitrogens with one attached hydrogen (secondary N) is 1. The number of likely N-dealkylation sites (tertiary alicyclic amines) is 1. The zero-order valence-corrected chi connectivity index (χ0v) is 23.0. The van der Waals surface area contributed by atoms with Gasteiger partial charge in [0.05, 0.1) is 29.8 Å². The van der Waals surface area contributed by atoms with Gasteiger partial charge in [-0.25, -0.2) is 4.39 Å². The number of anilines is 1. The van der Waals surface area contributed by atoms with Crippen LogP contribution in [0.1, 0.15) is 48.0 Å². The number of hydrogen-bond acceptors (Lipinski definition) is 10. The summed E-state index contributed by atoms with van der Waals surface area (Å²) in [7, 11) is 2.96. The summed E-state index contributed by atoms with van der Waals surface area (Å²) < 4.78 is 15.6. The first-order chi connectivity index (χ1) is 19.2. The number of carbonyl (C=O) groups is 6. The lowest BCUT2D eigenvalue weighted by Crippen LogP contribution is -2.74. The van der Waals surface area contributed by atoms with Gasteiger partial charge >= 0.3 is 0 Å². The van der Waals surface area contributed by atoms with E-state index in [-0.39, 0.29) is 24.2 Å². The van der Waals surface area contributed by atoms with E-state index in [1.54, 1.807) is 6.92 Å². The van der Waals surface area contributed by atoms with E-state index in [0.29, 0.717) is 0 Å². The summed E-state index contributed by atoms with van der Waals surface area (Å²) in [5.74, 6) is -14.8. The number of aromatic hydroxyl groups is 1. The van der Waals surface area contributed by atoms with Crippen LogP contribution in [0.25, 0.3) is 0 Å². The molecule has 220 valence electrons. The molecule has 1 aliphatic heterocycles. The van der Waals surface area contributed by atoms with Gasteiger partial charge in [0, 0.05) is 17.5 Å². The summed E-state index contributed by atoms with van der Waals surface area (Å²) in [6, 6.07) is -0.329. The lowest BCUT2D eigenvalue weighted by atomic mass is 9.50. The molecule has 5 rings (SSSR count). The quantitative estimate of drug-likeness (QED) is 0.267. The van der Waals surface area contributed by atoms with Crippen LogP contribution in [0.2, 0.25) is 0 Å². The Hall–Kier alpha value is -3.55. The molecular weight excluding hydrogens is 539 g/mol. The van der Waals surface area contributed by atoms with Gasteiger partial charge in [-0.2, -0.15) is 0 Å². The van der Waals surface area contributed by atoms with Crippen LogP contribution in [-0.4, -0.2) is 100 Å². The van der Waals surface area contributed by atoms with Gasteiger partial charge in [-0.15, -0.1) is 0 Å². The summed E-state index contributed by atoms with van der Waals surface area (Å²) in [5, 5.41) is 25.2. The Labute approximate surface area is 235 Å². The molecule has 1 heterocycles. The number of carbonyl (C=O) groups excluding carboxylic acids is 6. The number of aliphatic hydroxyl groups is 1. The summed E-state index contributed by atoms with van der Waals surface area (Å²) in [5.41, 5.74) is 1.43. The van der Waals surface area contributed by atoms with Gasteiger partial charge in [0.1, 0.15) is 11.6 Å². The smallest absolute Gasteiger partial charge is 0.238 e. The number of amides is 2. The van der Waals surface area contributed by atoms with Crippen LogP contribution >= 0.6 is 0 Å². The lowest BCUT2D eigenvalue weighted by Gasteiger charge is -2.53. The van der Waals surface area contributed by atoms with E-state index >= 15 is 4.39 Å². The Morgan fingerprint density at radius 1 is 1.17 bits per heavy atom. The first kappa shape index (κ1) is 29.0. The van der Waals surface area contributed by atoms with E-state index in [0.717, 1.165) is 32.0 Å². The van der Waals surface area contributed by atoms with Crippen LogP contribution in [0.5, 0.6) is 5.75 Å². The van der Waals surface area contributed by atoms with E-state index in [9.17, 15) is 39.0 Å². The number of primary amides is 1. The van der Waals surface area contributed by atoms with E-state index < -0.39 is 93.3 Å². The molecule has 41 heavy (non-hydrogen) atoms. The summed E-state index contributed by atoms with van der Waals surface area (Å²) in [4.78, 5) is 82.3. The van der Waals surface area contributed by atoms with Crippen LogP contribution < -0.4 is 11.1 Å². The van der Waals surface area contributed by atoms with Crippen LogP contribution in [0.4, 0.5) is 10.1 Å². The molecule has 12 nitrogen and oxygen atoms in total. The Morgan fingerprint density at radius 3 is 2.39 bits per heavy atom. The van der Waals surface area contributed by atoms with Crippen molar-refractivity contribution < 1.29 is 43.4 Å². The van der Waals surface area contributed by atoms with E-state index in [2.05, 4.69) is 5.32 Å². The average Bonchev–Trinajstić information content (AvgIpc) is 3.39. The van der Waals surface area contributed by atoms with Crippen molar-refractivity contribution in [2.24, 2.45) is 29.4 Å². The summed E-state index contributed by atoms with van der Waals surface area (Å²) >= 11 is 0. The number of rotatable bonds is 5. The first-order valence-electron chi connectivity index (χ1n) is 13.6. The molecule has 1 saturated heterocycles. The molecule has 1 aromatic carbocycles. The van der Waals surface area contributed by atoms with Crippen molar-refractivity contribution in [2.75, 3.05) is 39.0 Å². The Kier molecular flexibility index (Phi) is 7.11. The number of hydrogen-bond donors (Lipinski definition) is 4. The highest BCUT2D eigenvalue weighted by atomic mass is 19.1. The van der Waals surface area contributed by atoms with Crippen molar-refractivity contribution >= 4 is 40.6 Å². The number of nitrogens with two attached hydrogens (primary N) is 1. The average molecular weight is 573 g/mol. The second kappa shape index (κ2) is 10.1. The fourth-order valence-electron chi connectivity index (χ4n) is 7.43.